The number of aromatic nitrogens is 1. The van der Waals surface area contributed by atoms with Gasteiger partial charge in [-0.25, -0.2) is 0 Å². The van der Waals surface area contributed by atoms with E-state index in [-0.39, 0.29) is 76.2 Å². The number of guanidine groups is 1. The van der Waals surface area contributed by atoms with E-state index < -0.39 is 142 Å². The molecule has 31 nitrogen and oxygen atoms in total. The lowest BCUT2D eigenvalue weighted by Gasteiger charge is -2.30. The van der Waals surface area contributed by atoms with Gasteiger partial charge in [0.1, 0.15) is 48.0 Å². The average Bonchev–Trinajstić information content (AvgIpc) is 3.25. The summed E-state index contributed by atoms with van der Waals surface area (Å²) in [5.74, 6) is -8.48. The first-order valence-corrected chi connectivity index (χ1v) is 28.7. The van der Waals surface area contributed by atoms with Crippen molar-refractivity contribution in [2.75, 3.05) is 31.5 Å². The number of benzene rings is 2. The number of likely N-dealkylation sites (tertiary alicyclic amines) is 1. The first-order chi connectivity index (χ1) is 40.9. The number of aliphatic imine (C=N–C) groups is 1. The molecule has 19 N–H and O–H groups in total. The van der Waals surface area contributed by atoms with Crippen LogP contribution in [0.25, 0.3) is 10.9 Å². The van der Waals surface area contributed by atoms with Crippen LogP contribution in [0.15, 0.2) is 53.7 Å². The van der Waals surface area contributed by atoms with E-state index in [9.17, 15) is 68.5 Å². The average molecular weight is 1210 g/mol. The monoisotopic (exact) mass is 1210 g/mol. The van der Waals surface area contributed by atoms with Crippen molar-refractivity contribution in [3.8, 4) is 0 Å². The SMILES string of the molecule is CCC[C@H](NC(=O)[C@H](CCC(=O)O)NC(=O)[C@@H](NC(=O)[C@@H]1CCCN1C(=O)[C@@H](N)CCCCN)C(C)C)C(=O)N[C@@H](Cc1c[nH]c2ccccc12)C(=O)N[C@@H](CCCN=C(N)N)C(=O)N[C@@H](CCCCNc1ccc([N+](=O)[O-])cc1[N+](=O)[O-])C(N)=O. The second-order valence-electron chi connectivity index (χ2n) is 21.4. The van der Waals surface area contributed by atoms with Crippen LogP contribution >= 0.6 is 0 Å². The van der Waals surface area contributed by atoms with Crippen LogP contribution in [0.3, 0.4) is 0 Å². The molecule has 8 atom stereocenters. The van der Waals surface area contributed by atoms with Crippen LogP contribution in [0, 0.1) is 26.1 Å². The summed E-state index contributed by atoms with van der Waals surface area (Å²) in [6, 6.07) is 0.0938. The van der Waals surface area contributed by atoms with E-state index in [4.69, 9.17) is 28.7 Å². The second-order valence-corrected chi connectivity index (χ2v) is 21.4. The number of H-pyrrole nitrogens is 1. The lowest BCUT2D eigenvalue weighted by Crippen LogP contribution is -2.61. The van der Waals surface area contributed by atoms with Gasteiger partial charge in [0.25, 0.3) is 11.4 Å². The lowest BCUT2D eigenvalue weighted by molar-refractivity contribution is -0.393. The zero-order valence-corrected chi connectivity index (χ0v) is 48.7. The Morgan fingerprint density at radius 1 is 0.744 bits per heavy atom. The number of carbonyl (C=O) groups is 9. The van der Waals surface area contributed by atoms with Gasteiger partial charge in [-0.2, -0.15) is 0 Å². The van der Waals surface area contributed by atoms with Crippen LogP contribution in [0.2, 0.25) is 0 Å². The normalized spacial score (nSPS) is 15.4. The molecule has 3 aromatic rings. The molecule has 1 aliphatic heterocycles. The minimum Gasteiger partial charge on any atom is -0.481 e. The van der Waals surface area contributed by atoms with Crippen LogP contribution in [0.5, 0.6) is 0 Å². The number of nitrogens with zero attached hydrogens (tertiary/aromatic N) is 4. The van der Waals surface area contributed by atoms with E-state index in [0.717, 1.165) is 12.1 Å². The van der Waals surface area contributed by atoms with Crippen molar-refractivity contribution in [1.82, 2.24) is 41.8 Å². The van der Waals surface area contributed by atoms with Gasteiger partial charge < -0.3 is 80.9 Å². The van der Waals surface area contributed by atoms with Crippen LogP contribution in [0.4, 0.5) is 17.1 Å². The van der Waals surface area contributed by atoms with E-state index in [2.05, 4.69) is 47.2 Å². The third kappa shape index (κ3) is 21.6. The molecule has 86 heavy (non-hydrogen) atoms. The number of aliphatic carboxylic acids is 1. The van der Waals surface area contributed by atoms with Crippen LogP contribution in [0.1, 0.15) is 116 Å². The number of non-ortho nitro benzene ring substituents is 1. The number of rotatable bonds is 38. The Morgan fingerprint density at radius 3 is 1.97 bits per heavy atom. The summed E-state index contributed by atoms with van der Waals surface area (Å²) in [5.41, 5.74) is 28.9. The number of anilines is 1. The number of hydrogen-bond donors (Lipinski definition) is 14. The molecule has 1 aliphatic rings. The fourth-order valence-electron chi connectivity index (χ4n) is 9.80. The van der Waals surface area contributed by atoms with Gasteiger partial charge >= 0.3 is 5.97 Å². The van der Waals surface area contributed by atoms with Crippen molar-refractivity contribution in [2.45, 2.75) is 165 Å². The number of nitro groups is 2. The van der Waals surface area contributed by atoms with E-state index in [1.54, 1.807) is 51.2 Å². The molecule has 0 aliphatic carbocycles. The molecule has 0 bridgehead atoms. The molecule has 0 saturated carbocycles. The summed E-state index contributed by atoms with van der Waals surface area (Å²) < 4.78 is 0. The third-order valence-electron chi connectivity index (χ3n) is 14.5. The maximum atomic E-state index is 14.7. The molecule has 1 saturated heterocycles. The Labute approximate surface area is 496 Å². The first kappa shape index (κ1) is 69.5. The predicted octanol–water partition coefficient (Wildman–Crippen LogP) is 0.0251. The van der Waals surface area contributed by atoms with E-state index in [1.165, 1.54) is 11.0 Å². The van der Waals surface area contributed by atoms with Gasteiger partial charge in [-0.15, -0.1) is 0 Å². The molecule has 1 fully saturated rings. The smallest absolute Gasteiger partial charge is 0.303 e. The number of aromatic amines is 1. The van der Waals surface area contributed by atoms with Gasteiger partial charge in [0.05, 0.1) is 22.0 Å². The number of primary amides is 1. The molecule has 0 spiro atoms. The highest BCUT2D eigenvalue weighted by molar-refractivity contribution is 5.98. The molecule has 472 valence electrons. The summed E-state index contributed by atoms with van der Waals surface area (Å²) in [4.78, 5) is 153. The van der Waals surface area contributed by atoms with Gasteiger partial charge in [0.15, 0.2) is 5.96 Å². The number of nitrogens with two attached hydrogens (primary N) is 5. The number of para-hydroxylation sites is 1. The fourth-order valence-corrected chi connectivity index (χ4v) is 9.80. The molecule has 2 aromatic carbocycles. The van der Waals surface area contributed by atoms with Crippen molar-refractivity contribution in [1.29, 1.82) is 0 Å². The number of carboxylic acid groups (broad SMARTS) is 1. The quantitative estimate of drug-likeness (QED) is 0.0118. The molecule has 0 radical (unpaired) electrons. The summed E-state index contributed by atoms with van der Waals surface area (Å²) in [6.45, 7) is 5.84. The van der Waals surface area contributed by atoms with E-state index in [0.29, 0.717) is 61.5 Å². The summed E-state index contributed by atoms with van der Waals surface area (Å²) in [6.07, 6.45) is 3.68. The maximum absolute atomic E-state index is 14.7. The van der Waals surface area contributed by atoms with Gasteiger partial charge in [0.2, 0.25) is 47.3 Å². The van der Waals surface area contributed by atoms with Crippen LogP contribution in [-0.2, 0) is 49.6 Å². The Bertz CT molecular complexity index is 2900. The first-order valence-electron chi connectivity index (χ1n) is 28.7. The molecular weight excluding hydrogens is 1120 g/mol. The minimum atomic E-state index is -1.56. The Kier molecular flexibility index (Phi) is 28.0. The number of fused-ring (bicyclic) bond motifs is 1. The fraction of sp³-hybridized carbons (Fsp3) is 0.564. The van der Waals surface area contributed by atoms with Crippen molar-refractivity contribution in [3.05, 3.63) is 74.5 Å². The van der Waals surface area contributed by atoms with Crippen molar-refractivity contribution < 1.29 is 58.1 Å². The number of amides is 8. The standard InChI is InChI=1S/C55H83N17O14/c1-4-13-39(65-50(78)41(22-23-45(73)74)67-53(81)46(31(2)3)69-52(80)43-19-12-27-70(43)54(82)35(57)15-7-9-24-56)48(76)68-42(28-32-30-63-36-16-6-5-14-34(32)36)51(79)66-40(18-11-26-62-55(59)60)49(77)64-38(47(58)75)17-8-10-25-61-37-21-20-33(71(83)84)29-44(37)72(85)86/h5-6,14,16,20-21,29-31,35,38-43,46,61,63H,4,7-13,15,17-19,22-28,56-57H2,1-3H3,(H2,58,75)(H,64,77)(H,65,78)(H,66,79)(H,67,81)(H,68,76)(H,69,80)(H,73,74)(H4,59,60,62)/t35-,38-,39-,40-,41-,42-,43-,46-/m0/s1. The van der Waals surface area contributed by atoms with E-state index in [1.807, 2.05) is 0 Å². The number of nitrogens with one attached hydrogen (secondary N) is 8. The molecule has 0 unspecified atom stereocenters. The topological polar surface area (TPSA) is 506 Å². The van der Waals surface area contributed by atoms with Crippen LogP contribution in [-0.4, -0.2) is 159 Å². The molecule has 31 heteroatoms. The third-order valence-corrected chi connectivity index (χ3v) is 14.5. The lowest BCUT2D eigenvalue weighted by atomic mass is 10.0. The predicted molar refractivity (Wildman–Crippen MR) is 317 cm³/mol. The highest BCUT2D eigenvalue weighted by atomic mass is 16.6. The van der Waals surface area contributed by atoms with Gasteiger partial charge in [-0.3, -0.25) is 68.4 Å². The molecule has 8 amide bonds. The Morgan fingerprint density at radius 2 is 1.35 bits per heavy atom. The van der Waals surface area contributed by atoms with Gasteiger partial charge in [0, 0.05) is 55.6 Å². The Balaban J connectivity index is 1.55. The second kappa shape index (κ2) is 34.7. The summed E-state index contributed by atoms with van der Waals surface area (Å²) in [7, 11) is 0. The van der Waals surface area contributed by atoms with E-state index >= 15 is 0 Å². The zero-order chi connectivity index (χ0) is 63.6. The number of unbranched alkanes of at least 4 members (excludes halogenated alkanes) is 2. The number of carbonyl (C=O) groups excluding carboxylic acids is 8. The Hall–Kier alpha value is -9.00. The summed E-state index contributed by atoms with van der Waals surface area (Å²) >= 11 is 0. The number of nitro benzene ring substituents is 2. The van der Waals surface area contributed by atoms with Gasteiger partial charge in [-0.1, -0.05) is 51.8 Å². The van der Waals surface area contributed by atoms with Crippen molar-refractivity contribution >= 4 is 87.2 Å². The van der Waals surface area contributed by atoms with Gasteiger partial charge in [-0.05, 0) is 101 Å². The highest BCUT2D eigenvalue weighted by Crippen LogP contribution is 2.29. The maximum Gasteiger partial charge on any atom is 0.303 e. The number of carboxylic acids is 1. The van der Waals surface area contributed by atoms with Crippen molar-refractivity contribution in [2.24, 2.45) is 39.6 Å². The zero-order valence-electron chi connectivity index (χ0n) is 48.7. The van der Waals surface area contributed by atoms with Crippen LogP contribution < -0.4 is 65.9 Å². The minimum absolute atomic E-state index is 0.0171. The summed E-state index contributed by atoms with van der Waals surface area (Å²) in [5, 5.41) is 51.9. The molecule has 1 aromatic heterocycles. The largest absolute Gasteiger partial charge is 0.481 e. The highest BCUT2D eigenvalue weighted by Gasteiger charge is 2.39. The number of hydrogen-bond acceptors (Lipinski definition) is 17. The molecule has 2 heterocycles. The molecule has 4 rings (SSSR count). The molecular formula is C55H83N17O14. The van der Waals surface area contributed by atoms with Crippen molar-refractivity contribution in [3.63, 3.8) is 0 Å².